The Morgan fingerprint density at radius 2 is 2.17 bits per heavy atom. The molecule has 0 spiro atoms. The molecule has 1 aromatic rings. The Morgan fingerprint density at radius 3 is 2.83 bits per heavy atom. The van der Waals surface area contributed by atoms with Gasteiger partial charge in [-0.05, 0) is 37.5 Å². The molecule has 23 heavy (non-hydrogen) atoms. The quantitative estimate of drug-likeness (QED) is 0.477. The summed E-state index contributed by atoms with van der Waals surface area (Å²) in [6.07, 6.45) is 3.74. The molecule has 0 saturated carbocycles. The molecule has 1 aliphatic heterocycles. The summed E-state index contributed by atoms with van der Waals surface area (Å²) in [5.41, 5.74) is 1.23. The minimum atomic E-state index is -0.0142. The molecular weight excluding hydrogens is 310 g/mol. The number of hydrogen-bond donors (Lipinski definition) is 2. The van der Waals surface area contributed by atoms with Gasteiger partial charge in [0.1, 0.15) is 0 Å². The van der Waals surface area contributed by atoms with Crippen molar-refractivity contribution in [3.63, 3.8) is 0 Å². The first-order valence-electron chi connectivity index (χ1n) is 8.17. The van der Waals surface area contributed by atoms with E-state index in [4.69, 9.17) is 21.3 Å². The first-order chi connectivity index (χ1) is 11.2. The molecule has 2 N–H and O–H groups in total. The van der Waals surface area contributed by atoms with Gasteiger partial charge in [-0.25, -0.2) is 0 Å². The van der Waals surface area contributed by atoms with E-state index in [1.165, 1.54) is 5.56 Å². The van der Waals surface area contributed by atoms with Crippen LogP contribution in [0.2, 0.25) is 5.02 Å². The predicted molar refractivity (Wildman–Crippen MR) is 97.4 cm³/mol. The Kier molecular flexibility index (Phi) is 6.93. The number of nitrogens with zero attached hydrogens (tertiary/aromatic N) is 1. The highest BCUT2D eigenvalue weighted by Gasteiger charge is 2.34. The number of benzene rings is 1. The van der Waals surface area contributed by atoms with Crippen LogP contribution in [0.4, 0.5) is 0 Å². The number of nitrogens with one attached hydrogen (secondary N) is 2. The standard InChI is InChI=1S/C18H26ClN3O/c1-3-10-21-17(20-4-2)22-14-18(8-11-23-12-9-18)15-6-5-7-16(19)13-15/h3,5-7,13H,1,4,8-12,14H2,2H3,(H2,20,21,22). The van der Waals surface area contributed by atoms with Crippen LogP contribution in [0, 0.1) is 0 Å². The first kappa shape index (κ1) is 17.8. The Balaban J connectivity index is 2.22. The molecule has 0 amide bonds. The third-order valence-corrected chi connectivity index (χ3v) is 4.42. The summed E-state index contributed by atoms with van der Waals surface area (Å²) in [6.45, 7) is 9.56. The van der Waals surface area contributed by atoms with Crippen LogP contribution in [0.3, 0.4) is 0 Å². The van der Waals surface area contributed by atoms with Crippen molar-refractivity contribution < 1.29 is 4.74 Å². The van der Waals surface area contributed by atoms with Crippen LogP contribution in [-0.2, 0) is 10.2 Å². The van der Waals surface area contributed by atoms with E-state index in [1.54, 1.807) is 0 Å². The molecule has 1 aliphatic rings. The van der Waals surface area contributed by atoms with Gasteiger partial charge in [0.25, 0.3) is 0 Å². The van der Waals surface area contributed by atoms with Gasteiger partial charge in [0.15, 0.2) is 5.96 Å². The summed E-state index contributed by atoms with van der Waals surface area (Å²) < 4.78 is 5.57. The zero-order valence-corrected chi connectivity index (χ0v) is 14.5. The van der Waals surface area contributed by atoms with E-state index in [0.29, 0.717) is 13.1 Å². The van der Waals surface area contributed by atoms with Gasteiger partial charge in [0.2, 0.25) is 0 Å². The molecule has 1 saturated heterocycles. The van der Waals surface area contributed by atoms with Crippen molar-refractivity contribution in [2.24, 2.45) is 4.99 Å². The predicted octanol–water partition coefficient (Wildman–Crippen LogP) is 3.13. The third kappa shape index (κ3) is 4.98. The first-order valence-corrected chi connectivity index (χ1v) is 8.55. The van der Waals surface area contributed by atoms with Gasteiger partial charge in [0.05, 0.1) is 6.54 Å². The molecule has 5 heteroatoms. The highest BCUT2D eigenvalue weighted by Crippen LogP contribution is 2.36. The van der Waals surface area contributed by atoms with E-state index in [9.17, 15) is 0 Å². The highest BCUT2D eigenvalue weighted by atomic mass is 35.5. The van der Waals surface area contributed by atoms with Crippen LogP contribution in [0.25, 0.3) is 0 Å². The molecule has 1 heterocycles. The number of rotatable bonds is 6. The van der Waals surface area contributed by atoms with E-state index in [2.05, 4.69) is 36.3 Å². The summed E-state index contributed by atoms with van der Waals surface area (Å²) in [7, 11) is 0. The molecule has 2 rings (SSSR count). The van der Waals surface area contributed by atoms with E-state index >= 15 is 0 Å². The lowest BCUT2D eigenvalue weighted by Crippen LogP contribution is -2.41. The lowest BCUT2D eigenvalue weighted by molar-refractivity contribution is 0.0531. The molecule has 1 aromatic carbocycles. The molecule has 0 aliphatic carbocycles. The van der Waals surface area contributed by atoms with E-state index < -0.39 is 0 Å². The number of aliphatic imine (C=N–C) groups is 1. The van der Waals surface area contributed by atoms with Crippen molar-refractivity contribution in [2.45, 2.75) is 25.2 Å². The monoisotopic (exact) mass is 335 g/mol. The van der Waals surface area contributed by atoms with Crippen LogP contribution in [0.1, 0.15) is 25.3 Å². The number of ether oxygens (including phenoxy) is 1. The Bertz CT molecular complexity index is 539. The molecule has 1 fully saturated rings. The van der Waals surface area contributed by atoms with Crippen LogP contribution in [0.5, 0.6) is 0 Å². The lowest BCUT2D eigenvalue weighted by atomic mass is 9.74. The van der Waals surface area contributed by atoms with Crippen molar-refractivity contribution in [3.05, 3.63) is 47.5 Å². The summed E-state index contributed by atoms with van der Waals surface area (Å²) >= 11 is 6.20. The Hall–Kier alpha value is -1.52. The van der Waals surface area contributed by atoms with Crippen LogP contribution >= 0.6 is 11.6 Å². The van der Waals surface area contributed by atoms with Gasteiger partial charge >= 0.3 is 0 Å². The van der Waals surface area contributed by atoms with E-state index in [1.807, 2.05) is 18.2 Å². The van der Waals surface area contributed by atoms with Gasteiger partial charge < -0.3 is 15.4 Å². The third-order valence-electron chi connectivity index (χ3n) is 4.18. The fraction of sp³-hybridized carbons (Fsp3) is 0.500. The number of guanidine groups is 1. The highest BCUT2D eigenvalue weighted by molar-refractivity contribution is 6.30. The topological polar surface area (TPSA) is 45.7 Å². The smallest absolute Gasteiger partial charge is 0.191 e. The molecular formula is C18H26ClN3O. The second kappa shape index (κ2) is 8.94. The van der Waals surface area contributed by atoms with Crippen LogP contribution in [-0.4, -0.2) is 38.8 Å². The maximum absolute atomic E-state index is 6.20. The molecule has 0 unspecified atom stereocenters. The van der Waals surface area contributed by atoms with Gasteiger partial charge in [-0.1, -0.05) is 29.8 Å². The normalized spacial score (nSPS) is 17.6. The molecule has 0 aromatic heterocycles. The number of hydrogen-bond acceptors (Lipinski definition) is 2. The van der Waals surface area contributed by atoms with Gasteiger partial charge in [-0.2, -0.15) is 0 Å². The summed E-state index contributed by atoms with van der Waals surface area (Å²) in [4.78, 5) is 4.80. The number of halogens is 1. The molecule has 126 valence electrons. The maximum atomic E-state index is 6.20. The average Bonchev–Trinajstić information content (AvgIpc) is 2.58. The molecule has 4 nitrogen and oxygen atoms in total. The molecule has 0 atom stereocenters. The van der Waals surface area contributed by atoms with Gasteiger partial charge in [-0.15, -0.1) is 6.58 Å². The largest absolute Gasteiger partial charge is 0.381 e. The zero-order valence-electron chi connectivity index (χ0n) is 13.8. The van der Waals surface area contributed by atoms with Gasteiger partial charge in [0, 0.05) is 36.7 Å². The Morgan fingerprint density at radius 1 is 1.39 bits per heavy atom. The maximum Gasteiger partial charge on any atom is 0.191 e. The van der Waals surface area contributed by atoms with Crippen LogP contribution < -0.4 is 10.6 Å². The van der Waals surface area contributed by atoms with Crippen molar-refractivity contribution in [2.75, 3.05) is 32.8 Å². The van der Waals surface area contributed by atoms with Gasteiger partial charge in [-0.3, -0.25) is 4.99 Å². The van der Waals surface area contributed by atoms with Crippen molar-refractivity contribution in [1.82, 2.24) is 10.6 Å². The SMILES string of the molecule is C=CCNC(=NCC1(c2cccc(Cl)c2)CCOCC1)NCC. The van der Waals surface area contributed by atoms with Crippen molar-refractivity contribution in [3.8, 4) is 0 Å². The average molecular weight is 336 g/mol. The zero-order chi connectivity index (χ0) is 16.5. The molecule has 0 bridgehead atoms. The fourth-order valence-corrected chi connectivity index (χ4v) is 3.05. The lowest BCUT2D eigenvalue weighted by Gasteiger charge is -2.36. The second-order valence-electron chi connectivity index (χ2n) is 5.77. The van der Waals surface area contributed by atoms with E-state index in [-0.39, 0.29) is 5.41 Å². The van der Waals surface area contributed by atoms with Crippen LogP contribution in [0.15, 0.2) is 41.9 Å². The van der Waals surface area contributed by atoms with Crippen molar-refractivity contribution >= 4 is 17.6 Å². The summed E-state index contributed by atoms with van der Waals surface area (Å²) in [5, 5.41) is 7.30. The molecule has 0 radical (unpaired) electrons. The van der Waals surface area contributed by atoms with E-state index in [0.717, 1.165) is 43.6 Å². The second-order valence-corrected chi connectivity index (χ2v) is 6.20. The minimum Gasteiger partial charge on any atom is -0.381 e. The summed E-state index contributed by atoms with van der Waals surface area (Å²) in [5.74, 6) is 0.820. The minimum absolute atomic E-state index is 0.0142. The van der Waals surface area contributed by atoms with Crippen molar-refractivity contribution in [1.29, 1.82) is 0 Å². The fourth-order valence-electron chi connectivity index (χ4n) is 2.86. The summed E-state index contributed by atoms with van der Waals surface area (Å²) in [6, 6.07) is 8.14. The Labute approximate surface area is 144 Å².